The molecular weight excluding hydrogens is 468 g/mol. The van der Waals surface area contributed by atoms with Gasteiger partial charge in [0.05, 0.1) is 16.2 Å². The molecule has 0 saturated heterocycles. The van der Waals surface area contributed by atoms with Crippen molar-refractivity contribution in [3.63, 3.8) is 0 Å². The number of hydrogen-bond acceptors (Lipinski definition) is 6. The molecule has 0 radical (unpaired) electrons. The van der Waals surface area contributed by atoms with Crippen molar-refractivity contribution in [3.05, 3.63) is 89.8 Å². The molecule has 1 amide bonds. The summed E-state index contributed by atoms with van der Waals surface area (Å²) in [7, 11) is -4.25. The van der Waals surface area contributed by atoms with Crippen LogP contribution in [0.4, 0.5) is 5.69 Å². The lowest BCUT2D eigenvalue weighted by molar-refractivity contribution is -0.115. The Morgan fingerprint density at radius 1 is 0.914 bits per heavy atom. The zero-order valence-electron chi connectivity index (χ0n) is 18.4. The monoisotopic (exact) mass is 486 g/mol. The van der Waals surface area contributed by atoms with Gasteiger partial charge in [-0.15, -0.1) is 0 Å². The van der Waals surface area contributed by atoms with Gasteiger partial charge in [0.25, 0.3) is 10.0 Å². The maximum Gasteiger partial charge on any atom is 0.268 e. The number of anilines is 1. The minimum Gasteiger partial charge on any atom is -0.326 e. The van der Waals surface area contributed by atoms with Crippen molar-refractivity contribution >= 4 is 44.5 Å². The molecule has 8 nitrogen and oxygen atoms in total. The number of carbonyl (C=O) groups excluding carboxylic acids is 4. The minimum atomic E-state index is -4.25. The second-order valence-electron chi connectivity index (χ2n) is 8.17. The predicted molar refractivity (Wildman–Crippen MR) is 128 cm³/mol. The summed E-state index contributed by atoms with van der Waals surface area (Å²) in [5.41, 5.74) is 1.47. The highest BCUT2D eigenvalue weighted by molar-refractivity contribution is 7.90. The Kier molecular flexibility index (Phi) is 5.21. The van der Waals surface area contributed by atoms with Crippen molar-refractivity contribution in [3.8, 4) is 11.1 Å². The van der Waals surface area contributed by atoms with Crippen LogP contribution in [0.25, 0.3) is 16.7 Å². The van der Waals surface area contributed by atoms with E-state index in [0.29, 0.717) is 11.3 Å². The highest BCUT2D eigenvalue weighted by atomic mass is 32.2. The molecular formula is C26H18N2O6S. The average Bonchev–Trinajstić information content (AvgIpc) is 3.25. The number of ketones is 3. The van der Waals surface area contributed by atoms with Crippen molar-refractivity contribution in [1.29, 1.82) is 0 Å². The first kappa shape index (κ1) is 22.4. The summed E-state index contributed by atoms with van der Waals surface area (Å²) in [4.78, 5) is 49.6. The van der Waals surface area contributed by atoms with Gasteiger partial charge >= 0.3 is 0 Å². The summed E-state index contributed by atoms with van der Waals surface area (Å²) < 4.78 is 28.5. The van der Waals surface area contributed by atoms with E-state index in [4.69, 9.17) is 0 Å². The first-order valence-corrected chi connectivity index (χ1v) is 12.1. The SMILES string of the molecule is CC(=O)Nc1ccc(S(=O)(=O)n2cc(-c3ccccc3)c3c2C2=C(C=CC(=O)C2)C(=O)C3=O)cc1. The molecule has 1 aromatic heterocycles. The van der Waals surface area contributed by atoms with E-state index in [1.54, 1.807) is 30.3 Å². The van der Waals surface area contributed by atoms with Gasteiger partial charge in [-0.05, 0) is 47.6 Å². The van der Waals surface area contributed by atoms with E-state index >= 15 is 0 Å². The van der Waals surface area contributed by atoms with Crippen LogP contribution in [0.2, 0.25) is 0 Å². The molecule has 1 heterocycles. The molecule has 5 rings (SSSR count). The molecule has 2 aromatic carbocycles. The van der Waals surface area contributed by atoms with E-state index in [1.165, 1.54) is 49.5 Å². The summed E-state index contributed by atoms with van der Waals surface area (Å²) in [6.45, 7) is 1.34. The van der Waals surface area contributed by atoms with E-state index in [2.05, 4.69) is 5.32 Å². The van der Waals surface area contributed by atoms with E-state index in [1.807, 2.05) is 0 Å². The quantitative estimate of drug-likeness (QED) is 0.565. The van der Waals surface area contributed by atoms with Gasteiger partial charge in [-0.25, -0.2) is 12.4 Å². The third kappa shape index (κ3) is 3.66. The third-order valence-corrected chi connectivity index (χ3v) is 7.54. The molecule has 174 valence electrons. The molecule has 2 aliphatic rings. The van der Waals surface area contributed by atoms with Gasteiger partial charge in [-0.2, -0.15) is 0 Å². The van der Waals surface area contributed by atoms with Crippen LogP contribution in [0.3, 0.4) is 0 Å². The van der Waals surface area contributed by atoms with Gasteiger partial charge in [0.15, 0.2) is 5.78 Å². The van der Waals surface area contributed by atoms with Gasteiger partial charge in [-0.1, -0.05) is 30.3 Å². The Hall–Kier alpha value is -4.37. The van der Waals surface area contributed by atoms with Crippen LogP contribution < -0.4 is 5.32 Å². The fourth-order valence-corrected chi connectivity index (χ4v) is 5.71. The molecule has 9 heteroatoms. The van der Waals surface area contributed by atoms with Crippen molar-refractivity contribution in [2.24, 2.45) is 0 Å². The van der Waals surface area contributed by atoms with Crippen LogP contribution in [-0.2, 0) is 24.4 Å². The Morgan fingerprint density at radius 3 is 2.26 bits per heavy atom. The lowest BCUT2D eigenvalue weighted by Crippen LogP contribution is -2.28. The molecule has 0 spiro atoms. The molecule has 3 aromatic rings. The number of nitrogens with zero attached hydrogens (tertiary/aromatic N) is 1. The van der Waals surface area contributed by atoms with Crippen LogP contribution in [0.15, 0.2) is 83.4 Å². The number of allylic oxidation sites excluding steroid dienone is 4. The Morgan fingerprint density at radius 2 is 1.60 bits per heavy atom. The number of aromatic nitrogens is 1. The number of rotatable bonds is 4. The van der Waals surface area contributed by atoms with E-state index < -0.39 is 21.6 Å². The van der Waals surface area contributed by atoms with Crippen molar-refractivity contribution in [2.45, 2.75) is 18.2 Å². The first-order valence-electron chi connectivity index (χ1n) is 10.7. The zero-order valence-corrected chi connectivity index (χ0v) is 19.3. The number of amides is 1. The molecule has 1 N–H and O–H groups in total. The maximum absolute atomic E-state index is 13.8. The first-order chi connectivity index (χ1) is 16.7. The molecule has 0 bridgehead atoms. The lowest BCUT2D eigenvalue weighted by Gasteiger charge is -2.22. The smallest absolute Gasteiger partial charge is 0.268 e. The lowest BCUT2D eigenvalue weighted by atomic mass is 9.81. The highest BCUT2D eigenvalue weighted by Gasteiger charge is 2.40. The van der Waals surface area contributed by atoms with Crippen molar-refractivity contribution in [2.75, 3.05) is 5.32 Å². The number of hydrogen-bond donors (Lipinski definition) is 1. The van der Waals surface area contributed by atoms with E-state index in [-0.39, 0.29) is 51.0 Å². The largest absolute Gasteiger partial charge is 0.326 e. The van der Waals surface area contributed by atoms with Gasteiger partial charge in [-0.3, -0.25) is 19.2 Å². The molecule has 0 aliphatic heterocycles. The Bertz CT molecular complexity index is 1610. The number of benzene rings is 2. The van der Waals surface area contributed by atoms with E-state index in [0.717, 1.165) is 3.97 Å². The summed E-state index contributed by atoms with van der Waals surface area (Å²) in [5.74, 6) is -2.21. The number of nitrogens with one attached hydrogen (secondary N) is 1. The van der Waals surface area contributed by atoms with Crippen LogP contribution in [0, 0.1) is 0 Å². The van der Waals surface area contributed by atoms with Gasteiger partial charge < -0.3 is 5.32 Å². The topological polar surface area (TPSA) is 119 Å². The van der Waals surface area contributed by atoms with Gasteiger partial charge in [0.1, 0.15) is 0 Å². The summed E-state index contributed by atoms with van der Waals surface area (Å²) in [6.07, 6.45) is 3.61. The average molecular weight is 487 g/mol. The predicted octanol–water partition coefficient (Wildman–Crippen LogP) is 3.40. The van der Waals surface area contributed by atoms with Crippen LogP contribution in [0.1, 0.15) is 29.4 Å². The normalized spacial score (nSPS) is 15.2. The van der Waals surface area contributed by atoms with Crippen LogP contribution >= 0.6 is 0 Å². The maximum atomic E-state index is 13.8. The van der Waals surface area contributed by atoms with Crippen LogP contribution in [0.5, 0.6) is 0 Å². The Labute approximate surface area is 200 Å². The Balaban J connectivity index is 1.78. The number of carbonyl (C=O) groups is 4. The molecule has 35 heavy (non-hydrogen) atoms. The molecule has 2 aliphatic carbocycles. The summed E-state index contributed by atoms with van der Waals surface area (Å²) in [6, 6.07) is 14.3. The van der Waals surface area contributed by atoms with E-state index in [9.17, 15) is 27.6 Å². The highest BCUT2D eigenvalue weighted by Crippen LogP contribution is 2.42. The summed E-state index contributed by atoms with van der Waals surface area (Å²) in [5, 5.41) is 2.58. The summed E-state index contributed by atoms with van der Waals surface area (Å²) >= 11 is 0. The zero-order chi connectivity index (χ0) is 24.9. The standard InChI is InChI=1S/C26H18N2O6S/c1-15(29)27-17-7-10-19(11-8-17)35(33,34)28-14-22(16-5-3-2-4-6-16)23-24(28)21-13-18(30)9-12-20(21)25(31)26(23)32/h2-12,14H,13H2,1H3,(H,27,29). The molecule has 0 atom stereocenters. The third-order valence-electron chi connectivity index (χ3n) is 5.86. The van der Waals surface area contributed by atoms with Crippen LogP contribution in [-0.4, -0.2) is 35.6 Å². The number of Topliss-reactive ketones (excluding diaryl/α,β-unsaturated/α-hetero) is 2. The molecule has 0 fully saturated rings. The number of fused-ring (bicyclic) bond motifs is 2. The minimum absolute atomic E-state index is 0.0205. The molecule has 0 unspecified atom stereocenters. The fraction of sp³-hybridized carbons (Fsp3) is 0.0769. The second-order valence-corrected chi connectivity index (χ2v) is 9.98. The fourth-order valence-electron chi connectivity index (χ4n) is 4.32. The van der Waals surface area contributed by atoms with Gasteiger partial charge in [0, 0.05) is 36.4 Å². The second kappa shape index (κ2) is 8.14. The van der Waals surface area contributed by atoms with Crippen molar-refractivity contribution in [1.82, 2.24) is 3.97 Å². The van der Waals surface area contributed by atoms with Crippen molar-refractivity contribution < 1.29 is 27.6 Å². The molecule has 0 saturated carbocycles. The van der Waals surface area contributed by atoms with Gasteiger partial charge in [0.2, 0.25) is 17.5 Å².